The molecule has 35 heavy (non-hydrogen) atoms. The molecule has 0 saturated carbocycles. The van der Waals surface area contributed by atoms with Gasteiger partial charge in [-0.05, 0) is 54.1 Å². The molecule has 180 valence electrons. The van der Waals surface area contributed by atoms with E-state index in [4.69, 9.17) is 11.8 Å². The number of aromatic nitrogens is 2. The highest BCUT2D eigenvalue weighted by Gasteiger charge is 2.41. The van der Waals surface area contributed by atoms with Crippen LogP contribution in [0.1, 0.15) is 59.3 Å². The second kappa shape index (κ2) is 8.44. The van der Waals surface area contributed by atoms with Gasteiger partial charge in [0.25, 0.3) is 5.91 Å². The van der Waals surface area contributed by atoms with Gasteiger partial charge in [-0.2, -0.15) is 5.10 Å². The first kappa shape index (κ1) is 22.2. The largest absolute Gasteiger partial charge is 0.384 e. The van der Waals surface area contributed by atoms with Gasteiger partial charge in [-0.3, -0.25) is 29.3 Å². The first-order valence-corrected chi connectivity index (χ1v) is 12.1. The lowest BCUT2D eigenvalue weighted by molar-refractivity contribution is -0.134. The summed E-state index contributed by atoms with van der Waals surface area (Å²) in [6.07, 6.45) is 4.87. The van der Waals surface area contributed by atoms with E-state index >= 15 is 0 Å². The van der Waals surface area contributed by atoms with Crippen molar-refractivity contribution in [1.82, 2.24) is 19.5 Å². The highest BCUT2D eigenvalue weighted by Crippen LogP contribution is 2.43. The Balaban J connectivity index is 1.35. The fraction of sp³-hybridized carbons (Fsp3) is 0.360. The van der Waals surface area contributed by atoms with E-state index in [0.29, 0.717) is 27.8 Å². The van der Waals surface area contributed by atoms with E-state index in [1.165, 1.54) is 4.90 Å². The van der Waals surface area contributed by atoms with Gasteiger partial charge in [0, 0.05) is 42.2 Å². The lowest BCUT2D eigenvalue weighted by Gasteiger charge is -2.30. The molecular weight excluding hydrogens is 470 g/mol. The summed E-state index contributed by atoms with van der Waals surface area (Å²) in [5.41, 5.74) is 2.44. The summed E-state index contributed by atoms with van der Waals surface area (Å²) in [5.74, 6) is -1.06. The van der Waals surface area contributed by atoms with Crippen LogP contribution in [0.15, 0.2) is 42.7 Å². The lowest BCUT2D eigenvalue weighted by Crippen LogP contribution is -2.53. The van der Waals surface area contributed by atoms with Gasteiger partial charge in [0.15, 0.2) is 0 Å². The summed E-state index contributed by atoms with van der Waals surface area (Å²) in [7, 11) is 0. The van der Waals surface area contributed by atoms with E-state index in [1.54, 1.807) is 34.9 Å². The third-order valence-corrected chi connectivity index (χ3v) is 7.64. The molecule has 2 atom stereocenters. The van der Waals surface area contributed by atoms with E-state index in [1.807, 2.05) is 16.9 Å². The third kappa shape index (κ3) is 3.62. The minimum Gasteiger partial charge on any atom is -0.384 e. The molecule has 3 aromatic rings. The number of aliphatic hydroxyl groups is 1. The van der Waals surface area contributed by atoms with Crippen molar-refractivity contribution in [3.63, 3.8) is 0 Å². The molecule has 0 radical (unpaired) electrons. The Kier molecular flexibility index (Phi) is 5.36. The summed E-state index contributed by atoms with van der Waals surface area (Å²) in [4.78, 5) is 39.0. The van der Waals surface area contributed by atoms with Crippen molar-refractivity contribution in [2.45, 2.75) is 43.9 Å². The number of carbonyl (C=O) groups excluding carboxylic acids is 3. The Morgan fingerprint density at radius 3 is 2.66 bits per heavy atom. The first-order valence-electron chi connectivity index (χ1n) is 11.8. The highest BCUT2D eigenvalue weighted by atomic mass is 35.5. The number of amides is 3. The average Bonchev–Trinajstić information content (AvgIpc) is 3.45. The molecule has 9 nitrogen and oxygen atoms in total. The highest BCUT2D eigenvalue weighted by molar-refractivity contribution is 6.27. The number of piperidine rings is 2. The number of carbonyl (C=O) groups is 3. The summed E-state index contributed by atoms with van der Waals surface area (Å²) < 4.78 is 3.68. The van der Waals surface area contributed by atoms with Gasteiger partial charge in [-0.15, -0.1) is 0 Å². The molecule has 10 heteroatoms. The maximum atomic E-state index is 13.3. The van der Waals surface area contributed by atoms with Crippen molar-refractivity contribution in [2.24, 2.45) is 0 Å². The molecule has 3 aliphatic heterocycles. The van der Waals surface area contributed by atoms with Crippen molar-refractivity contribution < 1.29 is 19.5 Å². The maximum absolute atomic E-state index is 13.3. The fourth-order valence-corrected chi connectivity index (χ4v) is 5.67. The molecule has 1 aromatic heterocycles. The number of nitrogens with zero attached hydrogens (tertiary/aromatic N) is 4. The van der Waals surface area contributed by atoms with Crippen LogP contribution < -0.4 is 10.2 Å². The van der Waals surface area contributed by atoms with E-state index in [2.05, 4.69) is 10.4 Å². The Morgan fingerprint density at radius 1 is 1.09 bits per heavy atom. The molecule has 6 rings (SSSR count). The van der Waals surface area contributed by atoms with E-state index in [-0.39, 0.29) is 30.7 Å². The molecule has 2 unspecified atom stereocenters. The first-order chi connectivity index (χ1) is 16.9. The Labute approximate surface area is 206 Å². The monoisotopic (exact) mass is 493 g/mol. The van der Waals surface area contributed by atoms with Gasteiger partial charge in [-0.1, -0.05) is 18.2 Å². The van der Waals surface area contributed by atoms with Gasteiger partial charge < -0.3 is 5.11 Å². The molecule has 0 spiro atoms. The van der Waals surface area contributed by atoms with E-state index in [0.717, 1.165) is 31.3 Å². The molecule has 2 aromatic carbocycles. The number of hydrogen-bond donors (Lipinski definition) is 2. The van der Waals surface area contributed by atoms with Crippen LogP contribution in [-0.4, -0.2) is 56.2 Å². The van der Waals surface area contributed by atoms with Gasteiger partial charge >= 0.3 is 0 Å². The van der Waals surface area contributed by atoms with Crippen LogP contribution in [0.4, 0.5) is 5.69 Å². The normalized spacial score (nSPS) is 22.2. The zero-order chi connectivity index (χ0) is 24.3. The summed E-state index contributed by atoms with van der Waals surface area (Å²) in [5, 5.41) is 19.6. The Morgan fingerprint density at radius 2 is 1.89 bits per heavy atom. The summed E-state index contributed by atoms with van der Waals surface area (Å²) in [6, 6.07) is 8.46. The second-order valence-electron chi connectivity index (χ2n) is 9.34. The number of rotatable bonds is 4. The topological polar surface area (TPSA) is 108 Å². The van der Waals surface area contributed by atoms with Crippen LogP contribution in [0.3, 0.4) is 0 Å². The minimum absolute atomic E-state index is 0.185. The van der Waals surface area contributed by atoms with Crippen LogP contribution in [-0.2, 0) is 9.59 Å². The van der Waals surface area contributed by atoms with Crippen molar-refractivity contribution in [1.29, 1.82) is 0 Å². The molecular formula is C25H24ClN5O4. The van der Waals surface area contributed by atoms with Crippen molar-refractivity contribution in [2.75, 3.05) is 18.0 Å². The van der Waals surface area contributed by atoms with Crippen LogP contribution >= 0.6 is 11.8 Å². The van der Waals surface area contributed by atoms with Crippen molar-refractivity contribution >= 4 is 46.0 Å². The molecule has 3 aliphatic rings. The zero-order valence-electron chi connectivity index (χ0n) is 18.9. The molecule has 2 N–H and O–H groups in total. The average molecular weight is 494 g/mol. The maximum Gasteiger partial charge on any atom is 0.259 e. The van der Waals surface area contributed by atoms with Gasteiger partial charge in [0.1, 0.15) is 12.1 Å². The number of imide groups is 1. The fourth-order valence-electron chi connectivity index (χ4n) is 5.48. The Bertz CT molecular complexity index is 1360. The van der Waals surface area contributed by atoms with E-state index < -0.39 is 18.1 Å². The SMILES string of the molecule is O=C1CCC(N2C(=O)c3cccc4c(C(O)c5cnn(C6CCN(Cl)CC6)c5)ccc2c34)C(=O)N1. The number of nitrogens with one attached hydrogen (secondary N) is 1. The molecule has 2 fully saturated rings. The molecule has 4 heterocycles. The molecule has 2 saturated heterocycles. The predicted octanol–water partition coefficient (Wildman–Crippen LogP) is 2.67. The Hall–Kier alpha value is -3.27. The molecule has 0 aliphatic carbocycles. The third-order valence-electron chi connectivity index (χ3n) is 7.30. The van der Waals surface area contributed by atoms with Crippen molar-refractivity contribution in [3.8, 4) is 0 Å². The standard InChI is InChI=1S/C25H24ClN5O4/c26-29-10-8-15(9-11-29)30-13-14(12-27-30)23(33)17-4-5-19-22-16(17)2-1-3-18(22)25(35)31(19)20-6-7-21(32)28-24(20)34/h1-5,12-13,15,20,23,33H,6-11H2,(H,28,32,34). The van der Waals surface area contributed by atoms with Crippen molar-refractivity contribution in [3.05, 3.63) is 59.4 Å². The number of aliphatic hydroxyl groups excluding tert-OH is 1. The van der Waals surface area contributed by atoms with E-state index in [9.17, 15) is 19.5 Å². The van der Waals surface area contributed by atoms with Gasteiger partial charge in [0.2, 0.25) is 11.8 Å². The number of anilines is 1. The molecule has 0 bridgehead atoms. The van der Waals surface area contributed by atoms with Crippen LogP contribution in [0.2, 0.25) is 0 Å². The van der Waals surface area contributed by atoms with Gasteiger partial charge in [0.05, 0.1) is 17.9 Å². The number of hydrogen-bond acceptors (Lipinski definition) is 6. The quantitative estimate of drug-likeness (QED) is 0.427. The molecule has 3 amide bonds. The number of benzene rings is 2. The van der Waals surface area contributed by atoms with Crippen LogP contribution in [0.25, 0.3) is 10.8 Å². The minimum atomic E-state index is -0.930. The van der Waals surface area contributed by atoms with Crippen LogP contribution in [0, 0.1) is 0 Å². The van der Waals surface area contributed by atoms with Crippen LogP contribution in [0.5, 0.6) is 0 Å². The zero-order valence-corrected chi connectivity index (χ0v) is 19.6. The smallest absolute Gasteiger partial charge is 0.259 e. The lowest BCUT2D eigenvalue weighted by atomic mass is 9.95. The second-order valence-corrected chi connectivity index (χ2v) is 9.82. The number of halogens is 1. The van der Waals surface area contributed by atoms with Gasteiger partial charge in [-0.25, -0.2) is 4.42 Å². The summed E-state index contributed by atoms with van der Waals surface area (Å²) >= 11 is 6.07. The summed E-state index contributed by atoms with van der Waals surface area (Å²) in [6.45, 7) is 1.58. The predicted molar refractivity (Wildman–Crippen MR) is 129 cm³/mol.